The summed E-state index contributed by atoms with van der Waals surface area (Å²) in [4.78, 5) is 12.5. The molecule has 0 aliphatic rings. The quantitative estimate of drug-likeness (QED) is 0.589. The number of aromatic nitrogens is 1. The van der Waals surface area contributed by atoms with Crippen molar-refractivity contribution in [2.45, 2.75) is 47.6 Å². The van der Waals surface area contributed by atoms with E-state index in [9.17, 15) is 10.1 Å². The number of amides is 1. The predicted octanol–water partition coefficient (Wildman–Crippen LogP) is 5.01. The highest BCUT2D eigenvalue weighted by molar-refractivity contribution is 6.10. The molecular formula is C22H27N3O. The zero-order valence-electron chi connectivity index (χ0n) is 16.3. The highest BCUT2D eigenvalue weighted by atomic mass is 16.1. The number of nitrogens with one attached hydrogen (secondary N) is 1. The first-order valence-corrected chi connectivity index (χ1v) is 8.99. The van der Waals surface area contributed by atoms with Crippen molar-refractivity contribution in [3.05, 3.63) is 58.4 Å². The van der Waals surface area contributed by atoms with Crippen LogP contribution in [0.1, 0.15) is 42.8 Å². The first kappa shape index (κ1) is 19.5. The maximum absolute atomic E-state index is 12.5. The van der Waals surface area contributed by atoms with E-state index in [4.69, 9.17) is 0 Å². The van der Waals surface area contributed by atoms with Gasteiger partial charge in [0.05, 0.1) is 0 Å². The third-order valence-electron chi connectivity index (χ3n) is 4.60. The van der Waals surface area contributed by atoms with Crippen molar-refractivity contribution >= 4 is 17.7 Å². The van der Waals surface area contributed by atoms with Crippen LogP contribution in [0.5, 0.6) is 0 Å². The van der Waals surface area contributed by atoms with Gasteiger partial charge >= 0.3 is 0 Å². The third-order valence-corrected chi connectivity index (χ3v) is 4.60. The van der Waals surface area contributed by atoms with E-state index in [1.807, 2.05) is 50.2 Å². The van der Waals surface area contributed by atoms with E-state index in [0.29, 0.717) is 5.92 Å². The van der Waals surface area contributed by atoms with E-state index in [-0.39, 0.29) is 11.5 Å². The molecular weight excluding hydrogens is 322 g/mol. The Morgan fingerprint density at radius 2 is 1.96 bits per heavy atom. The molecule has 0 saturated heterocycles. The molecule has 1 aromatic carbocycles. The van der Waals surface area contributed by atoms with Crippen LogP contribution in [0.15, 0.2) is 35.9 Å². The minimum atomic E-state index is -0.381. The lowest BCUT2D eigenvalue weighted by Crippen LogP contribution is -2.14. The zero-order chi connectivity index (χ0) is 19.3. The molecule has 1 amide bonds. The number of nitriles is 1. The fourth-order valence-electron chi connectivity index (χ4n) is 2.91. The standard InChI is InChI=1S/C22H27N3O/c1-15(2)10-11-25-17(4)12-19(18(25)5)13-20(14-23)22(26)24-21-9-7-6-8-16(21)3/h6-9,12-13,15H,10-11H2,1-5H3,(H,24,26)/b20-13+. The van der Waals surface area contributed by atoms with Crippen molar-refractivity contribution in [1.82, 2.24) is 4.57 Å². The molecule has 0 spiro atoms. The second-order valence-electron chi connectivity index (χ2n) is 7.10. The molecule has 0 aliphatic heterocycles. The topological polar surface area (TPSA) is 57.8 Å². The van der Waals surface area contributed by atoms with Crippen molar-refractivity contribution in [2.24, 2.45) is 5.92 Å². The van der Waals surface area contributed by atoms with E-state index in [0.717, 1.165) is 41.2 Å². The molecule has 1 heterocycles. The van der Waals surface area contributed by atoms with Crippen molar-refractivity contribution in [3.63, 3.8) is 0 Å². The van der Waals surface area contributed by atoms with Gasteiger partial charge in [0.15, 0.2) is 0 Å². The predicted molar refractivity (Wildman–Crippen MR) is 107 cm³/mol. The monoisotopic (exact) mass is 349 g/mol. The number of para-hydroxylation sites is 1. The van der Waals surface area contributed by atoms with Crippen molar-refractivity contribution in [1.29, 1.82) is 5.26 Å². The Morgan fingerprint density at radius 1 is 1.27 bits per heavy atom. The van der Waals surface area contributed by atoms with Gasteiger partial charge in [0.2, 0.25) is 0 Å². The van der Waals surface area contributed by atoms with Gasteiger partial charge in [-0.25, -0.2) is 0 Å². The fraction of sp³-hybridized carbons (Fsp3) is 0.364. The number of hydrogen-bond acceptors (Lipinski definition) is 2. The average Bonchev–Trinajstić information content (AvgIpc) is 2.86. The number of rotatable bonds is 6. The Bertz CT molecular complexity index is 866. The smallest absolute Gasteiger partial charge is 0.266 e. The number of nitrogens with zero attached hydrogens (tertiary/aromatic N) is 2. The summed E-state index contributed by atoms with van der Waals surface area (Å²) >= 11 is 0. The lowest BCUT2D eigenvalue weighted by molar-refractivity contribution is -0.112. The molecule has 26 heavy (non-hydrogen) atoms. The van der Waals surface area contributed by atoms with Gasteiger partial charge in [-0.1, -0.05) is 32.0 Å². The van der Waals surface area contributed by atoms with Crippen LogP contribution in [0.4, 0.5) is 5.69 Å². The van der Waals surface area contributed by atoms with Gasteiger partial charge in [-0.15, -0.1) is 0 Å². The van der Waals surface area contributed by atoms with Crippen LogP contribution in [-0.4, -0.2) is 10.5 Å². The molecule has 0 radical (unpaired) electrons. The molecule has 0 fully saturated rings. The lowest BCUT2D eigenvalue weighted by Gasteiger charge is -2.11. The molecule has 0 atom stereocenters. The molecule has 136 valence electrons. The second-order valence-corrected chi connectivity index (χ2v) is 7.10. The van der Waals surface area contributed by atoms with Crippen LogP contribution < -0.4 is 5.32 Å². The van der Waals surface area contributed by atoms with Crippen molar-refractivity contribution in [3.8, 4) is 6.07 Å². The highest BCUT2D eigenvalue weighted by Gasteiger charge is 2.14. The Balaban J connectivity index is 2.26. The summed E-state index contributed by atoms with van der Waals surface area (Å²) in [5, 5.41) is 12.3. The summed E-state index contributed by atoms with van der Waals surface area (Å²) in [5.74, 6) is 0.249. The van der Waals surface area contributed by atoms with Gasteiger partial charge in [0.25, 0.3) is 5.91 Å². The summed E-state index contributed by atoms with van der Waals surface area (Å²) in [6.45, 7) is 11.4. The Hall–Kier alpha value is -2.80. The second kappa shape index (κ2) is 8.53. The molecule has 1 aromatic heterocycles. The number of carbonyl (C=O) groups excluding carboxylic acids is 1. The largest absolute Gasteiger partial charge is 0.349 e. The van der Waals surface area contributed by atoms with E-state index in [1.165, 1.54) is 0 Å². The summed E-state index contributed by atoms with van der Waals surface area (Å²) in [7, 11) is 0. The number of anilines is 1. The molecule has 2 aromatic rings. The van der Waals surface area contributed by atoms with Crippen molar-refractivity contribution in [2.75, 3.05) is 5.32 Å². The van der Waals surface area contributed by atoms with Crippen LogP contribution in [0, 0.1) is 38.0 Å². The Kier molecular flexibility index (Phi) is 6.41. The lowest BCUT2D eigenvalue weighted by atomic mass is 10.1. The molecule has 2 rings (SSSR count). The summed E-state index contributed by atoms with van der Waals surface area (Å²) < 4.78 is 2.25. The molecule has 0 unspecified atom stereocenters. The maximum Gasteiger partial charge on any atom is 0.266 e. The third kappa shape index (κ3) is 4.64. The Morgan fingerprint density at radius 3 is 2.58 bits per heavy atom. The molecule has 0 saturated carbocycles. The van der Waals surface area contributed by atoms with E-state index >= 15 is 0 Å². The minimum Gasteiger partial charge on any atom is -0.349 e. The van der Waals surface area contributed by atoms with Gasteiger partial charge in [0, 0.05) is 23.6 Å². The van der Waals surface area contributed by atoms with Gasteiger partial charge in [-0.3, -0.25) is 4.79 Å². The number of aryl methyl sites for hydroxylation is 2. The average molecular weight is 349 g/mol. The molecule has 4 nitrogen and oxygen atoms in total. The first-order valence-electron chi connectivity index (χ1n) is 8.99. The normalized spacial score (nSPS) is 11.5. The van der Waals surface area contributed by atoms with Gasteiger partial charge in [-0.05, 0) is 62.4 Å². The van der Waals surface area contributed by atoms with Crippen LogP contribution in [-0.2, 0) is 11.3 Å². The zero-order valence-corrected chi connectivity index (χ0v) is 16.3. The van der Waals surface area contributed by atoms with E-state index < -0.39 is 0 Å². The fourth-order valence-corrected chi connectivity index (χ4v) is 2.91. The van der Waals surface area contributed by atoms with E-state index in [1.54, 1.807) is 6.08 Å². The highest BCUT2D eigenvalue weighted by Crippen LogP contribution is 2.21. The number of hydrogen-bond donors (Lipinski definition) is 1. The van der Waals surface area contributed by atoms with Gasteiger partial charge in [0.1, 0.15) is 11.6 Å². The summed E-state index contributed by atoms with van der Waals surface area (Å²) in [6, 6.07) is 11.6. The van der Waals surface area contributed by atoms with Crippen LogP contribution in [0.3, 0.4) is 0 Å². The SMILES string of the molecule is Cc1ccccc1NC(=O)/C(C#N)=C/c1cc(C)n(CCC(C)C)c1C. The number of carbonyl (C=O) groups is 1. The molecule has 4 heteroatoms. The van der Waals surface area contributed by atoms with Crippen LogP contribution in [0.25, 0.3) is 6.08 Å². The van der Waals surface area contributed by atoms with Crippen LogP contribution >= 0.6 is 0 Å². The minimum absolute atomic E-state index is 0.109. The maximum atomic E-state index is 12.5. The van der Waals surface area contributed by atoms with Gasteiger partial charge in [-0.2, -0.15) is 5.26 Å². The summed E-state index contributed by atoms with van der Waals surface area (Å²) in [6.07, 6.45) is 2.78. The molecule has 0 bridgehead atoms. The van der Waals surface area contributed by atoms with Gasteiger partial charge < -0.3 is 9.88 Å². The number of benzene rings is 1. The van der Waals surface area contributed by atoms with Crippen LogP contribution in [0.2, 0.25) is 0 Å². The first-order chi connectivity index (χ1) is 12.3. The van der Waals surface area contributed by atoms with E-state index in [2.05, 4.69) is 30.7 Å². The summed E-state index contributed by atoms with van der Waals surface area (Å²) in [5.41, 5.74) is 4.94. The molecule has 1 N–H and O–H groups in total. The van der Waals surface area contributed by atoms with Crippen molar-refractivity contribution < 1.29 is 4.79 Å². The molecule has 0 aliphatic carbocycles. The Labute approximate surface area is 156 Å².